The van der Waals surface area contributed by atoms with E-state index in [0.29, 0.717) is 35.1 Å². The third-order valence-corrected chi connectivity index (χ3v) is 10.9. The first kappa shape index (κ1) is 21.4. The molecule has 3 heteroatoms. The van der Waals surface area contributed by atoms with E-state index in [0.717, 1.165) is 18.9 Å². The van der Waals surface area contributed by atoms with E-state index in [1.54, 1.807) is 0 Å². The summed E-state index contributed by atoms with van der Waals surface area (Å²) in [5.74, 6) is 2.84. The van der Waals surface area contributed by atoms with E-state index >= 15 is 0 Å². The molecule has 2 aromatic rings. The van der Waals surface area contributed by atoms with Gasteiger partial charge in [-0.25, -0.2) is 0 Å². The van der Waals surface area contributed by atoms with Crippen LogP contribution in [0.2, 0.25) is 0 Å². The third kappa shape index (κ3) is 2.83. The molecule has 0 spiro atoms. The minimum atomic E-state index is 0.129. The number of hydrogen-bond acceptors (Lipinski definition) is 3. The van der Waals surface area contributed by atoms with Crippen molar-refractivity contribution < 1.29 is 5.11 Å². The number of phenols is 1. The van der Waals surface area contributed by atoms with E-state index in [4.69, 9.17) is 0 Å². The van der Waals surface area contributed by atoms with Crippen LogP contribution in [0.25, 0.3) is 0 Å². The topological polar surface area (TPSA) is 26.7 Å². The average molecular weight is 457 g/mol. The standard InChI is InChI=1S/C31H40N2O/c1-21-18-30-14-13-25(32(2)19-22-7-4-3-5-8-22)28(21)31(30)15-16-33(20-23-11-12-23)27(30)17-24-9-6-10-26(34)29(24)31/h3-10,21,23,25,27-28,34H,11-20H2,1-2H3/t21-,25?,27?,28?,30?,31?/m0/s1. The number of benzene rings is 2. The quantitative estimate of drug-likeness (QED) is 0.634. The number of aromatic hydroxyl groups is 1. The number of hydrogen-bond donors (Lipinski definition) is 1. The molecule has 1 aliphatic heterocycles. The predicted molar refractivity (Wildman–Crippen MR) is 137 cm³/mol. The van der Waals surface area contributed by atoms with Gasteiger partial charge in [0.2, 0.25) is 0 Å². The highest BCUT2D eigenvalue weighted by atomic mass is 16.3. The fraction of sp³-hybridized carbons (Fsp3) is 0.613. The Morgan fingerprint density at radius 3 is 2.65 bits per heavy atom. The fourth-order valence-electron chi connectivity index (χ4n) is 9.84. The summed E-state index contributed by atoms with van der Waals surface area (Å²) in [7, 11) is 2.36. The zero-order valence-corrected chi connectivity index (χ0v) is 20.9. The lowest BCUT2D eigenvalue weighted by atomic mass is 9.43. The summed E-state index contributed by atoms with van der Waals surface area (Å²) in [5, 5.41) is 11.4. The molecule has 1 saturated heterocycles. The largest absolute Gasteiger partial charge is 0.508 e. The Hall–Kier alpha value is -1.84. The van der Waals surface area contributed by atoms with Crippen molar-refractivity contribution in [1.29, 1.82) is 0 Å². The molecule has 34 heavy (non-hydrogen) atoms. The minimum Gasteiger partial charge on any atom is -0.508 e. The van der Waals surface area contributed by atoms with E-state index in [9.17, 15) is 5.11 Å². The predicted octanol–water partition coefficient (Wildman–Crippen LogP) is 5.61. The SMILES string of the molecule is C[C@H]1CC23CCC(N(C)Cc4ccccc4)C1C21CCN(CC2CC2)C3Cc2cccc(O)c21. The molecule has 5 aliphatic rings. The summed E-state index contributed by atoms with van der Waals surface area (Å²) in [5.41, 5.74) is 4.69. The van der Waals surface area contributed by atoms with Gasteiger partial charge in [-0.15, -0.1) is 0 Å². The monoisotopic (exact) mass is 456 g/mol. The molecule has 0 amide bonds. The second-order valence-electron chi connectivity index (χ2n) is 12.6. The molecule has 4 fully saturated rings. The van der Waals surface area contributed by atoms with Crippen molar-refractivity contribution in [2.75, 3.05) is 20.1 Å². The number of rotatable bonds is 5. The van der Waals surface area contributed by atoms with Gasteiger partial charge >= 0.3 is 0 Å². The zero-order valence-electron chi connectivity index (χ0n) is 20.9. The number of likely N-dealkylation sites (tertiary alicyclic amines) is 1. The summed E-state index contributed by atoms with van der Waals surface area (Å²) in [6.45, 7) is 6.10. The maximum Gasteiger partial charge on any atom is 0.119 e. The van der Waals surface area contributed by atoms with Crippen molar-refractivity contribution >= 4 is 0 Å². The van der Waals surface area contributed by atoms with Gasteiger partial charge in [-0.05, 0) is 98.9 Å². The van der Waals surface area contributed by atoms with Crippen LogP contribution >= 0.6 is 0 Å². The summed E-state index contributed by atoms with van der Waals surface area (Å²) in [6, 6.07) is 18.7. The normalized spacial score (nSPS) is 38.6. The van der Waals surface area contributed by atoms with Crippen LogP contribution in [0, 0.1) is 23.2 Å². The first-order valence-corrected chi connectivity index (χ1v) is 13.8. The Kier molecular flexibility index (Phi) is 4.78. The lowest BCUT2D eigenvalue weighted by Gasteiger charge is -2.67. The second kappa shape index (κ2) is 7.58. The molecular weight excluding hydrogens is 416 g/mol. The smallest absolute Gasteiger partial charge is 0.119 e. The van der Waals surface area contributed by atoms with Gasteiger partial charge in [-0.2, -0.15) is 0 Å². The molecule has 1 N–H and O–H groups in total. The van der Waals surface area contributed by atoms with Crippen LogP contribution in [0.3, 0.4) is 0 Å². The van der Waals surface area contributed by atoms with E-state index < -0.39 is 0 Å². The molecule has 1 heterocycles. The zero-order chi connectivity index (χ0) is 23.1. The molecule has 0 aromatic heterocycles. The summed E-state index contributed by atoms with van der Waals surface area (Å²) in [6.07, 6.45) is 9.20. The van der Waals surface area contributed by atoms with Gasteiger partial charge in [0.05, 0.1) is 0 Å². The van der Waals surface area contributed by atoms with Crippen molar-refractivity contribution in [2.45, 2.75) is 75.9 Å². The molecule has 5 unspecified atom stereocenters. The highest BCUT2D eigenvalue weighted by molar-refractivity contribution is 5.53. The van der Waals surface area contributed by atoms with Gasteiger partial charge in [0.15, 0.2) is 0 Å². The van der Waals surface area contributed by atoms with Crippen LogP contribution in [0.15, 0.2) is 48.5 Å². The highest BCUT2D eigenvalue weighted by Gasteiger charge is 2.74. The van der Waals surface area contributed by atoms with Crippen molar-refractivity contribution in [2.24, 2.45) is 23.2 Å². The molecule has 4 aliphatic carbocycles. The molecule has 2 aromatic carbocycles. The first-order chi connectivity index (χ1) is 16.5. The van der Waals surface area contributed by atoms with Crippen LogP contribution in [0.5, 0.6) is 5.75 Å². The summed E-state index contributed by atoms with van der Waals surface area (Å²) in [4.78, 5) is 5.59. The molecule has 6 atom stereocenters. The van der Waals surface area contributed by atoms with Gasteiger partial charge in [0, 0.05) is 36.2 Å². The van der Waals surface area contributed by atoms with E-state index in [1.807, 2.05) is 6.07 Å². The molecule has 0 radical (unpaired) electrons. The summed E-state index contributed by atoms with van der Waals surface area (Å²) >= 11 is 0. The first-order valence-electron chi connectivity index (χ1n) is 13.8. The van der Waals surface area contributed by atoms with Gasteiger partial charge in [0.1, 0.15) is 5.75 Å². The van der Waals surface area contributed by atoms with Crippen LogP contribution in [0.4, 0.5) is 0 Å². The van der Waals surface area contributed by atoms with Gasteiger partial charge in [-0.3, -0.25) is 9.80 Å². The Morgan fingerprint density at radius 1 is 1.03 bits per heavy atom. The molecule has 3 saturated carbocycles. The molecule has 180 valence electrons. The van der Waals surface area contributed by atoms with Crippen LogP contribution in [-0.2, 0) is 18.4 Å². The van der Waals surface area contributed by atoms with Crippen LogP contribution in [-0.4, -0.2) is 47.1 Å². The maximum absolute atomic E-state index is 11.4. The Labute approximate surface area is 205 Å². The second-order valence-corrected chi connectivity index (χ2v) is 12.6. The molecule has 7 rings (SSSR count). The Bertz CT molecular complexity index is 1080. The van der Waals surface area contributed by atoms with Gasteiger partial charge in [0.25, 0.3) is 0 Å². The highest BCUT2D eigenvalue weighted by Crippen LogP contribution is 2.74. The van der Waals surface area contributed by atoms with Crippen molar-refractivity contribution in [1.82, 2.24) is 9.80 Å². The lowest BCUT2D eigenvalue weighted by Crippen LogP contribution is -2.70. The van der Waals surface area contributed by atoms with E-state index in [2.05, 4.69) is 66.2 Å². The summed E-state index contributed by atoms with van der Waals surface area (Å²) < 4.78 is 0. The van der Waals surface area contributed by atoms with Crippen molar-refractivity contribution in [3.8, 4) is 5.75 Å². The minimum absolute atomic E-state index is 0.129. The number of piperidine rings is 1. The van der Waals surface area contributed by atoms with E-state index in [-0.39, 0.29) is 5.41 Å². The van der Waals surface area contributed by atoms with Crippen molar-refractivity contribution in [3.05, 3.63) is 65.2 Å². The van der Waals surface area contributed by atoms with Gasteiger partial charge in [-0.1, -0.05) is 49.4 Å². The fourth-order valence-corrected chi connectivity index (χ4v) is 9.84. The third-order valence-electron chi connectivity index (χ3n) is 10.9. The van der Waals surface area contributed by atoms with Crippen molar-refractivity contribution in [3.63, 3.8) is 0 Å². The molecule has 4 bridgehead atoms. The molecule has 3 nitrogen and oxygen atoms in total. The average Bonchev–Trinajstić information content (AvgIpc) is 3.62. The number of nitrogens with zero attached hydrogens (tertiary/aromatic N) is 2. The molecular formula is C31H40N2O. The Morgan fingerprint density at radius 2 is 1.85 bits per heavy atom. The van der Waals surface area contributed by atoms with Gasteiger partial charge < -0.3 is 5.11 Å². The van der Waals surface area contributed by atoms with E-state index in [1.165, 1.54) is 68.3 Å². The maximum atomic E-state index is 11.4. The lowest BCUT2D eigenvalue weighted by molar-refractivity contribution is -0.109. The van der Waals surface area contributed by atoms with Crippen LogP contribution in [0.1, 0.15) is 62.1 Å². The van der Waals surface area contributed by atoms with Crippen LogP contribution < -0.4 is 0 Å². The number of phenolic OH excluding ortho intramolecular Hbond substituents is 1. The Balaban J connectivity index is 1.33. The number of fused-ring (bicyclic) bond motifs is 1.